The second-order valence-corrected chi connectivity index (χ2v) is 3.83. The topological polar surface area (TPSA) is 67.1 Å². The average molecular weight is 199 g/mol. The SMILES string of the molecule is NCCCCNC(=O)[C@@H]1CCCNC1. The van der Waals surface area contributed by atoms with E-state index in [9.17, 15) is 4.79 Å². The van der Waals surface area contributed by atoms with E-state index in [1.54, 1.807) is 0 Å². The Balaban J connectivity index is 2.07. The number of rotatable bonds is 5. The van der Waals surface area contributed by atoms with E-state index in [4.69, 9.17) is 5.73 Å². The summed E-state index contributed by atoms with van der Waals surface area (Å²) >= 11 is 0. The summed E-state index contributed by atoms with van der Waals surface area (Å²) in [5, 5.41) is 6.19. The summed E-state index contributed by atoms with van der Waals surface area (Å²) in [7, 11) is 0. The Hall–Kier alpha value is -0.610. The van der Waals surface area contributed by atoms with E-state index in [0.717, 1.165) is 45.3 Å². The molecule has 1 amide bonds. The molecular formula is C10H21N3O. The Morgan fingerprint density at radius 3 is 3.00 bits per heavy atom. The number of carbonyl (C=O) groups is 1. The maximum Gasteiger partial charge on any atom is 0.224 e. The Morgan fingerprint density at radius 2 is 2.36 bits per heavy atom. The van der Waals surface area contributed by atoms with Gasteiger partial charge in [0.05, 0.1) is 5.92 Å². The van der Waals surface area contributed by atoms with Crippen LogP contribution in [0.1, 0.15) is 25.7 Å². The lowest BCUT2D eigenvalue weighted by Gasteiger charge is -2.21. The highest BCUT2D eigenvalue weighted by molar-refractivity contribution is 5.78. The molecule has 82 valence electrons. The number of carbonyl (C=O) groups excluding carboxylic acids is 1. The van der Waals surface area contributed by atoms with Gasteiger partial charge in [-0.3, -0.25) is 4.79 Å². The normalized spacial score (nSPS) is 21.9. The molecule has 0 radical (unpaired) electrons. The van der Waals surface area contributed by atoms with Gasteiger partial charge in [-0.25, -0.2) is 0 Å². The van der Waals surface area contributed by atoms with Crippen LogP contribution in [0.5, 0.6) is 0 Å². The third kappa shape index (κ3) is 4.07. The summed E-state index contributed by atoms with van der Waals surface area (Å²) in [6, 6.07) is 0. The maximum absolute atomic E-state index is 11.6. The van der Waals surface area contributed by atoms with Crippen molar-refractivity contribution in [3.8, 4) is 0 Å². The summed E-state index contributed by atoms with van der Waals surface area (Å²) in [5.41, 5.74) is 5.37. The first-order chi connectivity index (χ1) is 6.84. The first kappa shape index (κ1) is 11.5. The summed E-state index contributed by atoms with van der Waals surface area (Å²) < 4.78 is 0. The smallest absolute Gasteiger partial charge is 0.224 e. The molecule has 1 rings (SSSR count). The lowest BCUT2D eigenvalue weighted by atomic mass is 9.99. The molecule has 0 saturated carbocycles. The van der Waals surface area contributed by atoms with E-state index in [1.807, 2.05) is 0 Å². The molecule has 4 nitrogen and oxygen atoms in total. The van der Waals surface area contributed by atoms with Crippen LogP contribution in [0.4, 0.5) is 0 Å². The summed E-state index contributed by atoms with van der Waals surface area (Å²) in [6.07, 6.45) is 4.11. The number of unbranched alkanes of at least 4 members (excludes halogenated alkanes) is 1. The third-order valence-electron chi connectivity index (χ3n) is 2.60. The first-order valence-electron chi connectivity index (χ1n) is 5.53. The second-order valence-electron chi connectivity index (χ2n) is 3.83. The van der Waals surface area contributed by atoms with Crippen molar-refractivity contribution in [3.63, 3.8) is 0 Å². The predicted octanol–water partition coefficient (Wildman–Crippen LogP) is -0.159. The van der Waals surface area contributed by atoms with Crippen molar-refractivity contribution >= 4 is 5.91 Å². The number of piperidine rings is 1. The number of nitrogens with one attached hydrogen (secondary N) is 2. The Labute approximate surface area is 85.6 Å². The van der Waals surface area contributed by atoms with Crippen LogP contribution in [0.15, 0.2) is 0 Å². The largest absolute Gasteiger partial charge is 0.356 e. The summed E-state index contributed by atoms with van der Waals surface area (Å²) in [6.45, 7) is 3.37. The highest BCUT2D eigenvalue weighted by Gasteiger charge is 2.19. The molecule has 1 fully saturated rings. The van der Waals surface area contributed by atoms with E-state index in [2.05, 4.69) is 10.6 Å². The van der Waals surface area contributed by atoms with Gasteiger partial charge in [0, 0.05) is 13.1 Å². The quantitative estimate of drug-likeness (QED) is 0.539. The van der Waals surface area contributed by atoms with Gasteiger partial charge in [-0.05, 0) is 38.8 Å². The van der Waals surface area contributed by atoms with Crippen molar-refractivity contribution in [2.24, 2.45) is 11.7 Å². The zero-order valence-corrected chi connectivity index (χ0v) is 8.72. The first-order valence-corrected chi connectivity index (χ1v) is 5.53. The highest BCUT2D eigenvalue weighted by atomic mass is 16.1. The van der Waals surface area contributed by atoms with E-state index in [1.165, 1.54) is 0 Å². The molecule has 1 aliphatic rings. The molecule has 0 aliphatic carbocycles. The summed E-state index contributed by atoms with van der Waals surface area (Å²) in [5.74, 6) is 0.385. The molecule has 4 heteroatoms. The molecular weight excluding hydrogens is 178 g/mol. The Bertz CT molecular complexity index is 167. The van der Waals surface area contributed by atoms with Crippen molar-refractivity contribution in [1.82, 2.24) is 10.6 Å². The van der Waals surface area contributed by atoms with Gasteiger partial charge in [-0.1, -0.05) is 0 Å². The fraction of sp³-hybridized carbons (Fsp3) is 0.900. The monoisotopic (exact) mass is 199 g/mol. The van der Waals surface area contributed by atoms with E-state index >= 15 is 0 Å². The van der Waals surface area contributed by atoms with Gasteiger partial charge in [0.25, 0.3) is 0 Å². The van der Waals surface area contributed by atoms with Gasteiger partial charge in [0.2, 0.25) is 5.91 Å². The van der Waals surface area contributed by atoms with Gasteiger partial charge < -0.3 is 16.4 Å². The molecule has 0 bridgehead atoms. The molecule has 1 heterocycles. The number of hydrogen-bond acceptors (Lipinski definition) is 3. The lowest BCUT2D eigenvalue weighted by molar-refractivity contribution is -0.125. The number of amides is 1. The predicted molar refractivity (Wildman–Crippen MR) is 56.9 cm³/mol. The van der Waals surface area contributed by atoms with Crippen LogP contribution in [0, 0.1) is 5.92 Å². The minimum absolute atomic E-state index is 0.182. The van der Waals surface area contributed by atoms with Gasteiger partial charge >= 0.3 is 0 Å². The van der Waals surface area contributed by atoms with Crippen LogP contribution in [0.2, 0.25) is 0 Å². The molecule has 0 aromatic rings. The molecule has 0 unspecified atom stereocenters. The van der Waals surface area contributed by atoms with Crippen molar-refractivity contribution < 1.29 is 4.79 Å². The van der Waals surface area contributed by atoms with Gasteiger partial charge in [-0.2, -0.15) is 0 Å². The minimum atomic E-state index is 0.182. The maximum atomic E-state index is 11.6. The van der Waals surface area contributed by atoms with Crippen LogP contribution >= 0.6 is 0 Å². The van der Waals surface area contributed by atoms with E-state index < -0.39 is 0 Å². The van der Waals surface area contributed by atoms with Crippen LogP contribution < -0.4 is 16.4 Å². The Kier molecular flexibility index (Phi) is 5.56. The van der Waals surface area contributed by atoms with Crippen LogP contribution in [0.25, 0.3) is 0 Å². The van der Waals surface area contributed by atoms with Crippen molar-refractivity contribution in [1.29, 1.82) is 0 Å². The van der Waals surface area contributed by atoms with E-state index in [-0.39, 0.29) is 11.8 Å². The van der Waals surface area contributed by atoms with Crippen LogP contribution in [-0.4, -0.2) is 32.1 Å². The fourth-order valence-corrected chi connectivity index (χ4v) is 1.70. The van der Waals surface area contributed by atoms with Crippen molar-refractivity contribution in [2.45, 2.75) is 25.7 Å². The van der Waals surface area contributed by atoms with Gasteiger partial charge in [-0.15, -0.1) is 0 Å². The second kappa shape index (κ2) is 6.79. The standard InChI is InChI=1S/C10H21N3O/c11-5-1-2-7-13-10(14)9-4-3-6-12-8-9/h9,12H,1-8,11H2,(H,13,14)/t9-/m1/s1. The molecule has 1 atom stereocenters. The number of nitrogens with two attached hydrogens (primary N) is 1. The van der Waals surface area contributed by atoms with E-state index in [0.29, 0.717) is 6.54 Å². The zero-order valence-electron chi connectivity index (χ0n) is 8.72. The average Bonchev–Trinajstić information content (AvgIpc) is 2.25. The molecule has 0 aromatic carbocycles. The van der Waals surface area contributed by atoms with Crippen molar-refractivity contribution in [2.75, 3.05) is 26.2 Å². The van der Waals surface area contributed by atoms with Crippen molar-refractivity contribution in [3.05, 3.63) is 0 Å². The van der Waals surface area contributed by atoms with Crippen LogP contribution in [-0.2, 0) is 4.79 Å². The van der Waals surface area contributed by atoms with Crippen LogP contribution in [0.3, 0.4) is 0 Å². The summed E-state index contributed by atoms with van der Waals surface area (Å²) in [4.78, 5) is 11.6. The highest BCUT2D eigenvalue weighted by Crippen LogP contribution is 2.09. The Morgan fingerprint density at radius 1 is 1.50 bits per heavy atom. The molecule has 1 saturated heterocycles. The zero-order chi connectivity index (χ0) is 10.2. The van der Waals surface area contributed by atoms with Gasteiger partial charge in [0.1, 0.15) is 0 Å². The molecule has 0 aromatic heterocycles. The minimum Gasteiger partial charge on any atom is -0.356 e. The molecule has 1 aliphatic heterocycles. The molecule has 4 N–H and O–H groups in total. The fourth-order valence-electron chi connectivity index (χ4n) is 1.70. The van der Waals surface area contributed by atoms with Gasteiger partial charge in [0.15, 0.2) is 0 Å². The molecule has 14 heavy (non-hydrogen) atoms. The third-order valence-corrected chi connectivity index (χ3v) is 2.60. The molecule has 0 spiro atoms. The lowest BCUT2D eigenvalue weighted by Crippen LogP contribution is -2.40. The number of hydrogen-bond donors (Lipinski definition) is 3.